The molecule has 15 heavy (non-hydrogen) atoms. The molecule has 0 spiro atoms. The van der Waals surface area contributed by atoms with Gasteiger partial charge in [0.15, 0.2) is 0 Å². The van der Waals surface area contributed by atoms with E-state index in [0.717, 1.165) is 32.6 Å². The molecule has 0 bridgehead atoms. The molecule has 0 N–H and O–H groups in total. The van der Waals surface area contributed by atoms with Gasteiger partial charge in [0.2, 0.25) is 5.91 Å². The lowest BCUT2D eigenvalue weighted by Gasteiger charge is -2.26. The second kappa shape index (κ2) is 5.50. The van der Waals surface area contributed by atoms with Crippen molar-refractivity contribution in [2.45, 2.75) is 40.2 Å². The van der Waals surface area contributed by atoms with E-state index >= 15 is 0 Å². The van der Waals surface area contributed by atoms with Crippen LogP contribution in [-0.2, 0) is 4.79 Å². The zero-order valence-electron chi connectivity index (χ0n) is 10.5. The van der Waals surface area contributed by atoms with Gasteiger partial charge in [-0.25, -0.2) is 0 Å². The number of amides is 1. The highest BCUT2D eigenvalue weighted by molar-refractivity contribution is 5.78. The average Bonchev–Trinajstić information content (AvgIpc) is 2.67. The highest BCUT2D eigenvalue weighted by Gasteiger charge is 2.29. The van der Waals surface area contributed by atoms with Crippen molar-refractivity contribution in [3.05, 3.63) is 0 Å². The van der Waals surface area contributed by atoms with Crippen LogP contribution in [0.5, 0.6) is 0 Å². The molecule has 1 saturated heterocycles. The maximum absolute atomic E-state index is 11.8. The van der Waals surface area contributed by atoms with Crippen LogP contribution < -0.4 is 0 Å². The molecule has 3 heteroatoms. The van der Waals surface area contributed by atoms with Gasteiger partial charge in [0.1, 0.15) is 0 Å². The first-order valence-electron chi connectivity index (χ1n) is 6.12. The summed E-state index contributed by atoms with van der Waals surface area (Å²) in [4.78, 5) is 16.3. The standard InChI is InChI=1S/C12H24N2O/c1-5-13(6-2)11-7-8-14(9-11)12(15)10(3)4/h10-11H,5-9H2,1-4H3. The number of carbonyl (C=O) groups is 1. The summed E-state index contributed by atoms with van der Waals surface area (Å²) < 4.78 is 0. The molecule has 0 saturated carbocycles. The highest BCUT2D eigenvalue weighted by Crippen LogP contribution is 2.17. The fourth-order valence-corrected chi connectivity index (χ4v) is 2.35. The molecule has 0 aromatic rings. The molecule has 1 aliphatic rings. The summed E-state index contributed by atoms with van der Waals surface area (Å²) in [5.41, 5.74) is 0. The predicted molar refractivity (Wildman–Crippen MR) is 62.7 cm³/mol. The molecular weight excluding hydrogens is 188 g/mol. The van der Waals surface area contributed by atoms with Gasteiger partial charge in [-0.2, -0.15) is 0 Å². The van der Waals surface area contributed by atoms with Gasteiger partial charge >= 0.3 is 0 Å². The lowest BCUT2D eigenvalue weighted by atomic mass is 10.2. The molecule has 1 heterocycles. The normalized spacial score (nSPS) is 21.7. The summed E-state index contributed by atoms with van der Waals surface area (Å²) in [6, 6.07) is 0.586. The molecule has 1 rings (SSSR count). The number of hydrogen-bond acceptors (Lipinski definition) is 2. The summed E-state index contributed by atoms with van der Waals surface area (Å²) in [7, 11) is 0. The van der Waals surface area contributed by atoms with E-state index in [0.29, 0.717) is 11.9 Å². The fourth-order valence-electron chi connectivity index (χ4n) is 2.35. The lowest BCUT2D eigenvalue weighted by Crippen LogP contribution is -2.39. The van der Waals surface area contributed by atoms with Crippen LogP contribution >= 0.6 is 0 Å². The Morgan fingerprint density at radius 2 is 2.00 bits per heavy atom. The van der Waals surface area contributed by atoms with E-state index in [4.69, 9.17) is 0 Å². The van der Waals surface area contributed by atoms with Gasteiger partial charge in [-0.1, -0.05) is 27.7 Å². The Morgan fingerprint density at radius 1 is 1.40 bits per heavy atom. The van der Waals surface area contributed by atoms with Gasteiger partial charge in [0.25, 0.3) is 0 Å². The zero-order valence-corrected chi connectivity index (χ0v) is 10.5. The first kappa shape index (κ1) is 12.5. The third kappa shape index (κ3) is 2.94. The van der Waals surface area contributed by atoms with Crippen molar-refractivity contribution >= 4 is 5.91 Å². The minimum Gasteiger partial charge on any atom is -0.341 e. The molecule has 1 aliphatic heterocycles. The van der Waals surface area contributed by atoms with Gasteiger partial charge in [-0.15, -0.1) is 0 Å². The summed E-state index contributed by atoms with van der Waals surface area (Å²) in [5, 5.41) is 0. The first-order chi connectivity index (χ1) is 7.10. The smallest absolute Gasteiger partial charge is 0.225 e. The van der Waals surface area contributed by atoms with Gasteiger partial charge < -0.3 is 4.90 Å². The van der Waals surface area contributed by atoms with Crippen molar-refractivity contribution in [3.63, 3.8) is 0 Å². The lowest BCUT2D eigenvalue weighted by molar-refractivity contribution is -0.133. The molecule has 0 radical (unpaired) electrons. The molecule has 1 amide bonds. The Balaban J connectivity index is 2.48. The topological polar surface area (TPSA) is 23.6 Å². The van der Waals surface area contributed by atoms with Crippen molar-refractivity contribution in [2.24, 2.45) is 5.92 Å². The Kier molecular flexibility index (Phi) is 4.58. The van der Waals surface area contributed by atoms with Crippen LogP contribution in [0.25, 0.3) is 0 Å². The fraction of sp³-hybridized carbons (Fsp3) is 0.917. The SMILES string of the molecule is CCN(CC)C1CCN(C(=O)C(C)C)C1. The molecule has 0 aromatic carbocycles. The molecule has 0 aliphatic carbocycles. The van der Waals surface area contributed by atoms with E-state index in [1.165, 1.54) is 0 Å². The molecule has 1 fully saturated rings. The number of hydrogen-bond donors (Lipinski definition) is 0. The highest BCUT2D eigenvalue weighted by atomic mass is 16.2. The Labute approximate surface area is 93.4 Å². The summed E-state index contributed by atoms with van der Waals surface area (Å²) in [5.74, 6) is 0.449. The van der Waals surface area contributed by atoms with Gasteiger partial charge in [-0.3, -0.25) is 9.69 Å². The second-order valence-electron chi connectivity index (χ2n) is 4.60. The van der Waals surface area contributed by atoms with Gasteiger partial charge in [0.05, 0.1) is 0 Å². The summed E-state index contributed by atoms with van der Waals surface area (Å²) in [6.45, 7) is 12.4. The van der Waals surface area contributed by atoms with Crippen molar-refractivity contribution in [3.8, 4) is 0 Å². The van der Waals surface area contributed by atoms with Crippen molar-refractivity contribution in [1.29, 1.82) is 0 Å². The zero-order chi connectivity index (χ0) is 11.4. The molecule has 1 atom stereocenters. The van der Waals surface area contributed by atoms with Crippen LogP contribution in [0.2, 0.25) is 0 Å². The Morgan fingerprint density at radius 3 is 2.47 bits per heavy atom. The molecular formula is C12H24N2O. The minimum atomic E-state index is 0.139. The van der Waals surface area contributed by atoms with E-state index < -0.39 is 0 Å². The number of nitrogens with zero attached hydrogens (tertiary/aromatic N) is 2. The molecule has 1 unspecified atom stereocenters. The first-order valence-corrected chi connectivity index (χ1v) is 6.12. The quantitative estimate of drug-likeness (QED) is 0.706. The van der Waals surface area contributed by atoms with E-state index in [1.807, 2.05) is 18.7 Å². The van der Waals surface area contributed by atoms with Crippen LogP contribution in [0.1, 0.15) is 34.1 Å². The monoisotopic (exact) mass is 212 g/mol. The number of rotatable bonds is 4. The van der Waals surface area contributed by atoms with Crippen molar-refractivity contribution in [1.82, 2.24) is 9.80 Å². The van der Waals surface area contributed by atoms with E-state index in [-0.39, 0.29) is 5.92 Å². The van der Waals surface area contributed by atoms with Gasteiger partial charge in [0, 0.05) is 25.0 Å². The van der Waals surface area contributed by atoms with Crippen molar-refractivity contribution < 1.29 is 4.79 Å². The number of carbonyl (C=O) groups excluding carboxylic acids is 1. The molecule has 88 valence electrons. The van der Waals surface area contributed by atoms with Crippen LogP contribution in [-0.4, -0.2) is 47.9 Å². The van der Waals surface area contributed by atoms with Crippen molar-refractivity contribution in [2.75, 3.05) is 26.2 Å². The van der Waals surface area contributed by atoms with Crippen LogP contribution in [0.4, 0.5) is 0 Å². The summed E-state index contributed by atoms with van der Waals surface area (Å²) in [6.07, 6.45) is 1.14. The molecule has 0 aromatic heterocycles. The maximum atomic E-state index is 11.8. The Bertz CT molecular complexity index is 212. The van der Waals surface area contributed by atoms with Crippen LogP contribution in [0.15, 0.2) is 0 Å². The van der Waals surface area contributed by atoms with E-state index in [1.54, 1.807) is 0 Å². The third-order valence-corrected chi connectivity index (χ3v) is 3.30. The predicted octanol–water partition coefficient (Wildman–Crippen LogP) is 1.59. The van der Waals surface area contributed by atoms with Crippen LogP contribution in [0, 0.1) is 5.92 Å². The largest absolute Gasteiger partial charge is 0.341 e. The Hall–Kier alpha value is -0.570. The van der Waals surface area contributed by atoms with Crippen LogP contribution in [0.3, 0.4) is 0 Å². The van der Waals surface area contributed by atoms with Gasteiger partial charge in [-0.05, 0) is 19.5 Å². The third-order valence-electron chi connectivity index (χ3n) is 3.30. The number of likely N-dealkylation sites (tertiary alicyclic amines) is 1. The minimum absolute atomic E-state index is 0.139. The number of likely N-dealkylation sites (N-methyl/N-ethyl adjacent to an activating group) is 1. The van der Waals surface area contributed by atoms with E-state index in [2.05, 4.69) is 18.7 Å². The molecule has 3 nitrogen and oxygen atoms in total. The second-order valence-corrected chi connectivity index (χ2v) is 4.60. The maximum Gasteiger partial charge on any atom is 0.225 e. The van der Waals surface area contributed by atoms with E-state index in [9.17, 15) is 4.79 Å². The average molecular weight is 212 g/mol. The summed E-state index contributed by atoms with van der Waals surface area (Å²) >= 11 is 0.